The number of imidazole rings is 1. The summed E-state index contributed by atoms with van der Waals surface area (Å²) >= 11 is 5.92. The van der Waals surface area contributed by atoms with Crippen LogP contribution in [0.1, 0.15) is 31.6 Å². The van der Waals surface area contributed by atoms with Gasteiger partial charge < -0.3 is 14.0 Å². The van der Waals surface area contributed by atoms with E-state index in [1.165, 1.54) is 0 Å². The Morgan fingerprint density at radius 3 is 2.71 bits per heavy atom. The lowest BCUT2D eigenvalue weighted by Gasteiger charge is -2.20. The average molecular weight is 312 g/mol. The lowest BCUT2D eigenvalue weighted by Crippen LogP contribution is -2.18. The molecule has 2 aromatic heterocycles. The number of methoxy groups -OCH3 is 2. The summed E-state index contributed by atoms with van der Waals surface area (Å²) in [5, 5.41) is 0. The molecule has 0 saturated carbocycles. The van der Waals surface area contributed by atoms with Gasteiger partial charge in [-0.25, -0.2) is 4.98 Å². The van der Waals surface area contributed by atoms with Gasteiger partial charge in [0.1, 0.15) is 11.3 Å². The number of alkyl halides is 1. The van der Waals surface area contributed by atoms with E-state index in [0.29, 0.717) is 24.8 Å². The molecule has 0 fully saturated rings. The molecule has 116 valence electrons. The van der Waals surface area contributed by atoms with Gasteiger partial charge in [-0.15, -0.1) is 11.6 Å². The van der Waals surface area contributed by atoms with Crippen LogP contribution in [0.3, 0.4) is 0 Å². The fourth-order valence-corrected chi connectivity index (χ4v) is 2.74. The maximum absolute atomic E-state index is 5.92. The van der Waals surface area contributed by atoms with Gasteiger partial charge in [-0.3, -0.25) is 0 Å². The Morgan fingerprint density at radius 1 is 1.29 bits per heavy atom. The van der Waals surface area contributed by atoms with E-state index in [4.69, 9.17) is 21.1 Å². The predicted octanol–water partition coefficient (Wildman–Crippen LogP) is 3.21. The van der Waals surface area contributed by atoms with Crippen molar-refractivity contribution in [1.82, 2.24) is 14.5 Å². The molecular weight excluding hydrogens is 290 g/mol. The summed E-state index contributed by atoms with van der Waals surface area (Å²) in [5.74, 6) is 2.08. The number of hydrogen-bond donors (Lipinski definition) is 0. The monoisotopic (exact) mass is 311 g/mol. The molecule has 0 radical (unpaired) electrons. The average Bonchev–Trinajstić information content (AvgIpc) is 2.84. The zero-order chi connectivity index (χ0) is 15.2. The predicted molar refractivity (Wildman–Crippen MR) is 84.3 cm³/mol. The van der Waals surface area contributed by atoms with Crippen molar-refractivity contribution in [3.05, 3.63) is 18.0 Å². The van der Waals surface area contributed by atoms with Gasteiger partial charge in [0.25, 0.3) is 0 Å². The molecule has 1 unspecified atom stereocenters. The normalized spacial score (nSPS) is 12.8. The Labute approximate surface area is 130 Å². The zero-order valence-electron chi connectivity index (χ0n) is 12.8. The lowest BCUT2D eigenvalue weighted by atomic mass is 10.1. The second-order valence-corrected chi connectivity index (χ2v) is 5.31. The molecule has 0 amide bonds. The lowest BCUT2D eigenvalue weighted by molar-refractivity contribution is 0.150. The Morgan fingerprint density at radius 2 is 2.10 bits per heavy atom. The SMILES string of the molecule is CCCC(COC)n1c(CCCl)nc2ccc(OC)nc21. The van der Waals surface area contributed by atoms with Crippen LogP contribution in [0.2, 0.25) is 0 Å². The number of pyridine rings is 1. The van der Waals surface area contributed by atoms with Gasteiger partial charge in [0, 0.05) is 25.5 Å². The Balaban J connectivity index is 2.56. The van der Waals surface area contributed by atoms with Crippen molar-refractivity contribution in [3.8, 4) is 5.88 Å². The first-order valence-corrected chi connectivity index (χ1v) is 7.75. The second kappa shape index (κ2) is 7.61. The number of fused-ring (bicyclic) bond motifs is 1. The van der Waals surface area contributed by atoms with Gasteiger partial charge in [-0.05, 0) is 12.5 Å². The summed E-state index contributed by atoms with van der Waals surface area (Å²) in [4.78, 5) is 9.23. The molecule has 5 nitrogen and oxygen atoms in total. The standard InChI is InChI=1S/C15H22ClN3O2/c1-4-5-11(10-20-2)19-13(8-9-16)17-12-6-7-14(21-3)18-15(12)19/h6-7,11H,4-5,8-10H2,1-3H3. The van der Waals surface area contributed by atoms with E-state index in [1.807, 2.05) is 12.1 Å². The summed E-state index contributed by atoms with van der Waals surface area (Å²) in [6, 6.07) is 3.98. The van der Waals surface area contributed by atoms with E-state index in [-0.39, 0.29) is 6.04 Å². The first-order valence-electron chi connectivity index (χ1n) is 7.21. The molecule has 0 aromatic carbocycles. The molecule has 21 heavy (non-hydrogen) atoms. The number of nitrogens with zero attached hydrogens (tertiary/aromatic N) is 3. The van der Waals surface area contributed by atoms with Crippen molar-refractivity contribution in [2.24, 2.45) is 0 Å². The van der Waals surface area contributed by atoms with Crippen LogP contribution in [0, 0.1) is 0 Å². The molecule has 0 bridgehead atoms. The first kappa shape index (κ1) is 16.0. The number of aromatic nitrogens is 3. The highest BCUT2D eigenvalue weighted by Gasteiger charge is 2.20. The minimum atomic E-state index is 0.211. The molecule has 2 rings (SSSR count). The van der Waals surface area contributed by atoms with Crippen LogP contribution in [0.4, 0.5) is 0 Å². The van der Waals surface area contributed by atoms with Crippen LogP contribution < -0.4 is 4.74 Å². The van der Waals surface area contributed by atoms with Crippen LogP contribution in [-0.2, 0) is 11.2 Å². The summed E-state index contributed by atoms with van der Waals surface area (Å²) in [7, 11) is 3.34. The number of aryl methyl sites for hydroxylation is 1. The Hall–Kier alpha value is -1.33. The highest BCUT2D eigenvalue weighted by atomic mass is 35.5. The maximum Gasteiger partial charge on any atom is 0.215 e. The van der Waals surface area contributed by atoms with Crippen LogP contribution >= 0.6 is 11.6 Å². The molecule has 6 heteroatoms. The van der Waals surface area contributed by atoms with E-state index >= 15 is 0 Å². The molecule has 0 aliphatic rings. The van der Waals surface area contributed by atoms with E-state index in [1.54, 1.807) is 14.2 Å². The van der Waals surface area contributed by atoms with E-state index < -0.39 is 0 Å². The van der Waals surface area contributed by atoms with Crippen LogP contribution in [-0.4, -0.2) is 41.2 Å². The topological polar surface area (TPSA) is 49.2 Å². The third-order valence-electron chi connectivity index (χ3n) is 3.46. The van der Waals surface area contributed by atoms with Gasteiger partial charge >= 0.3 is 0 Å². The molecular formula is C15H22ClN3O2. The highest BCUT2D eigenvalue weighted by molar-refractivity contribution is 6.17. The molecule has 0 N–H and O–H groups in total. The van der Waals surface area contributed by atoms with Crippen molar-refractivity contribution < 1.29 is 9.47 Å². The quantitative estimate of drug-likeness (QED) is 0.702. The summed E-state index contributed by atoms with van der Waals surface area (Å²) in [6.07, 6.45) is 2.79. The molecule has 0 spiro atoms. The smallest absolute Gasteiger partial charge is 0.215 e. The largest absolute Gasteiger partial charge is 0.481 e. The fraction of sp³-hybridized carbons (Fsp3) is 0.600. The van der Waals surface area contributed by atoms with Crippen molar-refractivity contribution in [1.29, 1.82) is 0 Å². The molecule has 0 aliphatic heterocycles. The summed E-state index contributed by atoms with van der Waals surface area (Å²) in [6.45, 7) is 2.80. The fourth-order valence-electron chi connectivity index (χ4n) is 2.57. The molecule has 2 heterocycles. The summed E-state index contributed by atoms with van der Waals surface area (Å²) < 4.78 is 12.8. The summed E-state index contributed by atoms with van der Waals surface area (Å²) in [5.41, 5.74) is 1.71. The van der Waals surface area contributed by atoms with Gasteiger partial charge in [0.2, 0.25) is 5.88 Å². The Bertz CT molecular complexity index is 580. The van der Waals surface area contributed by atoms with Gasteiger partial charge in [-0.2, -0.15) is 4.98 Å². The second-order valence-electron chi connectivity index (χ2n) is 4.93. The van der Waals surface area contributed by atoms with Crippen molar-refractivity contribution in [2.75, 3.05) is 26.7 Å². The van der Waals surface area contributed by atoms with E-state index in [0.717, 1.165) is 29.8 Å². The number of rotatable bonds is 8. The third-order valence-corrected chi connectivity index (χ3v) is 3.65. The van der Waals surface area contributed by atoms with E-state index in [9.17, 15) is 0 Å². The van der Waals surface area contributed by atoms with Gasteiger partial charge in [0.05, 0.1) is 19.8 Å². The minimum Gasteiger partial charge on any atom is -0.481 e. The number of hydrogen-bond acceptors (Lipinski definition) is 4. The van der Waals surface area contributed by atoms with E-state index in [2.05, 4.69) is 21.5 Å². The van der Waals surface area contributed by atoms with Gasteiger partial charge in [0.15, 0.2) is 5.65 Å². The van der Waals surface area contributed by atoms with Crippen molar-refractivity contribution >= 4 is 22.8 Å². The molecule has 1 atom stereocenters. The third kappa shape index (κ3) is 3.47. The minimum absolute atomic E-state index is 0.211. The molecule has 0 aliphatic carbocycles. The van der Waals surface area contributed by atoms with Gasteiger partial charge in [-0.1, -0.05) is 13.3 Å². The highest BCUT2D eigenvalue weighted by Crippen LogP contribution is 2.25. The first-order chi connectivity index (χ1) is 10.2. The van der Waals surface area contributed by atoms with Crippen molar-refractivity contribution in [2.45, 2.75) is 32.2 Å². The number of halogens is 1. The Kier molecular flexibility index (Phi) is 5.82. The van der Waals surface area contributed by atoms with Crippen LogP contribution in [0.25, 0.3) is 11.2 Å². The number of ether oxygens (including phenoxy) is 2. The van der Waals surface area contributed by atoms with Crippen LogP contribution in [0.5, 0.6) is 5.88 Å². The van der Waals surface area contributed by atoms with Crippen molar-refractivity contribution in [3.63, 3.8) is 0 Å². The molecule has 0 saturated heterocycles. The zero-order valence-corrected chi connectivity index (χ0v) is 13.6. The maximum atomic E-state index is 5.92. The van der Waals surface area contributed by atoms with Crippen LogP contribution in [0.15, 0.2) is 12.1 Å². The molecule has 2 aromatic rings.